The number of hydrogen-bond acceptors (Lipinski definition) is 1. The van der Waals surface area contributed by atoms with Gasteiger partial charge < -0.3 is 4.79 Å². The highest BCUT2D eigenvalue weighted by molar-refractivity contribution is 5.49. The van der Waals surface area contributed by atoms with Crippen LogP contribution >= 0.6 is 0 Å². The van der Waals surface area contributed by atoms with E-state index in [1.54, 1.807) is 0 Å². The van der Waals surface area contributed by atoms with Gasteiger partial charge in [0.2, 0.25) is 0 Å². The van der Waals surface area contributed by atoms with Crippen molar-refractivity contribution < 1.29 is 4.79 Å². The number of rotatable bonds is 3. The maximum atomic E-state index is 10.5. The van der Waals surface area contributed by atoms with Crippen LogP contribution in [0.25, 0.3) is 0 Å². The van der Waals surface area contributed by atoms with Crippen LogP contribution in [0.15, 0.2) is 0 Å². The molecule has 1 heteroatoms. The zero-order valence-corrected chi connectivity index (χ0v) is 9.09. The zero-order chi connectivity index (χ0) is 9.81. The Bertz CT molecular complexity index is 266. The van der Waals surface area contributed by atoms with E-state index >= 15 is 0 Å². The Morgan fingerprint density at radius 1 is 1.29 bits per heavy atom. The molecule has 3 rings (SSSR count). The van der Waals surface area contributed by atoms with E-state index in [0.717, 1.165) is 31.0 Å². The van der Waals surface area contributed by atoms with E-state index in [1.165, 1.54) is 32.1 Å². The summed E-state index contributed by atoms with van der Waals surface area (Å²) in [6, 6.07) is 0. The summed E-state index contributed by atoms with van der Waals surface area (Å²) in [4.78, 5) is 10.5. The monoisotopic (exact) mass is 192 g/mol. The number of carbonyl (C=O) groups excluding carboxylic acids is 1. The normalized spacial score (nSPS) is 47.2. The highest BCUT2D eigenvalue weighted by Gasteiger charge is 2.69. The fraction of sp³-hybridized carbons (Fsp3) is 0.923. The van der Waals surface area contributed by atoms with Gasteiger partial charge in [-0.15, -0.1) is 0 Å². The Morgan fingerprint density at radius 2 is 2.00 bits per heavy atom. The minimum absolute atomic E-state index is 0.539. The maximum Gasteiger partial charge on any atom is 0.120 e. The Labute approximate surface area is 86.3 Å². The van der Waals surface area contributed by atoms with Crippen LogP contribution in [-0.2, 0) is 4.79 Å². The summed E-state index contributed by atoms with van der Waals surface area (Å²) in [5.74, 6) is 1.99. The van der Waals surface area contributed by atoms with Crippen LogP contribution in [0.1, 0.15) is 51.9 Å². The van der Waals surface area contributed by atoms with Crippen LogP contribution in [0, 0.1) is 22.7 Å². The first kappa shape index (κ1) is 8.94. The van der Waals surface area contributed by atoms with Crippen molar-refractivity contribution in [3.8, 4) is 0 Å². The average Bonchev–Trinajstić information content (AvgIpc) is 2.78. The molecule has 3 atom stereocenters. The van der Waals surface area contributed by atoms with Crippen LogP contribution in [0.2, 0.25) is 0 Å². The van der Waals surface area contributed by atoms with Crippen molar-refractivity contribution in [3.63, 3.8) is 0 Å². The molecule has 0 unspecified atom stereocenters. The SMILES string of the molecule is C[C@@]1(CCC=O)[C@H]2CC[C@H](C2)C12CC2. The topological polar surface area (TPSA) is 17.1 Å². The van der Waals surface area contributed by atoms with E-state index in [4.69, 9.17) is 0 Å². The summed E-state index contributed by atoms with van der Waals surface area (Å²) < 4.78 is 0. The number of carbonyl (C=O) groups is 1. The molecule has 2 bridgehead atoms. The summed E-state index contributed by atoms with van der Waals surface area (Å²) in [6.45, 7) is 2.48. The van der Waals surface area contributed by atoms with Gasteiger partial charge in [-0.2, -0.15) is 0 Å². The lowest BCUT2D eigenvalue weighted by Gasteiger charge is -2.42. The molecule has 3 aliphatic rings. The van der Waals surface area contributed by atoms with Gasteiger partial charge >= 0.3 is 0 Å². The molecule has 0 N–H and O–H groups in total. The van der Waals surface area contributed by atoms with Crippen LogP contribution in [0.4, 0.5) is 0 Å². The van der Waals surface area contributed by atoms with Crippen molar-refractivity contribution in [2.45, 2.75) is 51.9 Å². The van der Waals surface area contributed by atoms with Gasteiger partial charge in [0.25, 0.3) is 0 Å². The first-order valence-electron chi connectivity index (χ1n) is 6.16. The zero-order valence-electron chi connectivity index (χ0n) is 9.09. The second-order valence-electron chi connectivity index (χ2n) is 5.99. The first-order valence-corrected chi connectivity index (χ1v) is 6.16. The van der Waals surface area contributed by atoms with Gasteiger partial charge in [0, 0.05) is 6.42 Å². The predicted octanol–water partition coefficient (Wildman–Crippen LogP) is 3.18. The van der Waals surface area contributed by atoms with Gasteiger partial charge in [0.15, 0.2) is 0 Å². The smallest absolute Gasteiger partial charge is 0.120 e. The molecule has 3 aliphatic carbocycles. The molecule has 0 aliphatic heterocycles. The molecule has 0 aromatic heterocycles. The van der Waals surface area contributed by atoms with Crippen LogP contribution in [-0.4, -0.2) is 6.29 Å². The first-order chi connectivity index (χ1) is 6.73. The highest BCUT2D eigenvalue weighted by Crippen LogP contribution is 2.78. The maximum absolute atomic E-state index is 10.5. The van der Waals surface area contributed by atoms with Crippen molar-refractivity contribution >= 4 is 6.29 Å². The third-order valence-electron chi connectivity index (χ3n) is 5.82. The van der Waals surface area contributed by atoms with Crippen molar-refractivity contribution in [1.29, 1.82) is 0 Å². The molecule has 0 heterocycles. The van der Waals surface area contributed by atoms with E-state index in [-0.39, 0.29) is 0 Å². The largest absolute Gasteiger partial charge is 0.303 e. The second-order valence-corrected chi connectivity index (χ2v) is 5.99. The Morgan fingerprint density at radius 3 is 2.64 bits per heavy atom. The standard InChI is InChI=1S/C13H20O/c1-12(5-2-8-14)10-3-4-11(9-10)13(12)6-7-13/h8,10-11H,2-7,9H2,1H3/t10-,11+,12+/m0/s1. The molecular formula is C13H20O. The van der Waals surface area contributed by atoms with Gasteiger partial charge in [-0.1, -0.05) is 6.92 Å². The Kier molecular flexibility index (Phi) is 1.67. The minimum atomic E-state index is 0.539. The number of hydrogen-bond donors (Lipinski definition) is 0. The van der Waals surface area contributed by atoms with Gasteiger partial charge in [-0.3, -0.25) is 0 Å². The molecule has 0 saturated heterocycles. The van der Waals surface area contributed by atoms with Crippen LogP contribution in [0.3, 0.4) is 0 Å². The number of fused-ring (bicyclic) bond motifs is 3. The van der Waals surface area contributed by atoms with Crippen LogP contribution < -0.4 is 0 Å². The summed E-state index contributed by atoms with van der Waals surface area (Å²) in [5, 5.41) is 0. The van der Waals surface area contributed by atoms with E-state index in [9.17, 15) is 4.79 Å². The molecule has 0 radical (unpaired) electrons. The lowest BCUT2D eigenvalue weighted by molar-refractivity contribution is -0.108. The lowest BCUT2D eigenvalue weighted by atomic mass is 9.62. The molecule has 1 spiro atoms. The molecule has 78 valence electrons. The molecule has 3 saturated carbocycles. The van der Waals surface area contributed by atoms with Crippen molar-refractivity contribution in [3.05, 3.63) is 0 Å². The van der Waals surface area contributed by atoms with Crippen LogP contribution in [0.5, 0.6) is 0 Å². The van der Waals surface area contributed by atoms with Gasteiger partial charge in [0.1, 0.15) is 6.29 Å². The molecule has 0 amide bonds. The molecular weight excluding hydrogens is 172 g/mol. The van der Waals surface area contributed by atoms with E-state index in [1.807, 2.05) is 0 Å². The van der Waals surface area contributed by atoms with Crippen molar-refractivity contribution in [2.75, 3.05) is 0 Å². The quantitative estimate of drug-likeness (QED) is 0.628. The average molecular weight is 192 g/mol. The Hall–Kier alpha value is -0.330. The molecule has 1 nitrogen and oxygen atoms in total. The highest BCUT2D eigenvalue weighted by atomic mass is 16.1. The third kappa shape index (κ3) is 0.844. The fourth-order valence-corrected chi connectivity index (χ4v) is 4.86. The molecule has 14 heavy (non-hydrogen) atoms. The molecule has 3 fully saturated rings. The fourth-order valence-electron chi connectivity index (χ4n) is 4.86. The number of aldehydes is 1. The summed E-state index contributed by atoms with van der Waals surface area (Å²) in [5.41, 5.74) is 1.25. The summed E-state index contributed by atoms with van der Waals surface area (Å²) in [7, 11) is 0. The van der Waals surface area contributed by atoms with E-state index in [0.29, 0.717) is 10.8 Å². The minimum Gasteiger partial charge on any atom is -0.303 e. The summed E-state index contributed by atoms with van der Waals surface area (Å²) in [6.07, 6.45) is 10.4. The molecule has 0 aromatic rings. The third-order valence-corrected chi connectivity index (χ3v) is 5.82. The van der Waals surface area contributed by atoms with Gasteiger partial charge in [-0.05, 0) is 61.2 Å². The summed E-state index contributed by atoms with van der Waals surface area (Å²) >= 11 is 0. The van der Waals surface area contributed by atoms with Crippen molar-refractivity contribution in [1.82, 2.24) is 0 Å². The lowest BCUT2D eigenvalue weighted by Crippen LogP contribution is -2.35. The van der Waals surface area contributed by atoms with Crippen molar-refractivity contribution in [2.24, 2.45) is 22.7 Å². The Balaban J connectivity index is 1.86. The molecule has 0 aromatic carbocycles. The van der Waals surface area contributed by atoms with Gasteiger partial charge in [0.05, 0.1) is 0 Å². The van der Waals surface area contributed by atoms with E-state index in [2.05, 4.69) is 6.92 Å². The van der Waals surface area contributed by atoms with E-state index < -0.39 is 0 Å². The predicted molar refractivity (Wildman–Crippen MR) is 55.9 cm³/mol. The second kappa shape index (κ2) is 2.62. The van der Waals surface area contributed by atoms with Gasteiger partial charge in [-0.25, -0.2) is 0 Å².